The van der Waals surface area contributed by atoms with Crippen molar-refractivity contribution in [2.24, 2.45) is 0 Å². The molecule has 164 valence electrons. The molecule has 0 bridgehead atoms. The molecular formula is C22H25N3O5S. The maximum Gasteiger partial charge on any atom is 0.420 e. The summed E-state index contributed by atoms with van der Waals surface area (Å²) in [6.07, 6.45) is 2.37. The Morgan fingerprint density at radius 1 is 1.13 bits per heavy atom. The van der Waals surface area contributed by atoms with Crippen molar-refractivity contribution in [3.8, 4) is 0 Å². The van der Waals surface area contributed by atoms with E-state index in [2.05, 4.69) is 11.4 Å². The summed E-state index contributed by atoms with van der Waals surface area (Å²) < 4.78 is 33.4. The quantitative estimate of drug-likeness (QED) is 0.602. The number of rotatable bonds is 7. The number of nitrogens with one attached hydrogen (secondary N) is 1. The molecule has 0 aliphatic carbocycles. The van der Waals surface area contributed by atoms with Crippen molar-refractivity contribution in [3.05, 3.63) is 64.1 Å². The highest BCUT2D eigenvalue weighted by Crippen LogP contribution is 2.24. The Labute approximate surface area is 180 Å². The van der Waals surface area contributed by atoms with Crippen LogP contribution in [0.1, 0.15) is 24.0 Å². The zero-order valence-electron chi connectivity index (χ0n) is 17.3. The third-order valence-electron chi connectivity index (χ3n) is 5.46. The van der Waals surface area contributed by atoms with E-state index in [1.807, 2.05) is 25.1 Å². The van der Waals surface area contributed by atoms with Gasteiger partial charge in [0.05, 0.1) is 10.4 Å². The van der Waals surface area contributed by atoms with Crippen LogP contribution in [-0.4, -0.2) is 42.8 Å². The number of carbonyl (C=O) groups excluding carboxylic acids is 1. The van der Waals surface area contributed by atoms with Gasteiger partial charge in [0.15, 0.2) is 5.58 Å². The molecule has 1 aliphatic rings. The van der Waals surface area contributed by atoms with Gasteiger partial charge < -0.3 is 9.73 Å². The Morgan fingerprint density at radius 3 is 2.65 bits per heavy atom. The highest BCUT2D eigenvalue weighted by molar-refractivity contribution is 7.89. The van der Waals surface area contributed by atoms with E-state index in [1.54, 1.807) is 0 Å². The molecule has 1 saturated heterocycles. The minimum Gasteiger partial charge on any atom is -0.408 e. The third-order valence-corrected chi connectivity index (χ3v) is 7.36. The summed E-state index contributed by atoms with van der Waals surface area (Å²) in [6.45, 7) is 3.26. The molecule has 4 rings (SSSR count). The first-order valence-electron chi connectivity index (χ1n) is 10.3. The first-order valence-corrected chi connectivity index (χ1v) is 11.7. The lowest BCUT2D eigenvalue weighted by atomic mass is 10.1. The minimum atomic E-state index is -3.62. The molecule has 1 aromatic heterocycles. The number of hydrogen-bond acceptors (Lipinski definition) is 5. The molecule has 8 nitrogen and oxygen atoms in total. The largest absolute Gasteiger partial charge is 0.420 e. The predicted molar refractivity (Wildman–Crippen MR) is 116 cm³/mol. The molecule has 1 fully saturated rings. The highest BCUT2D eigenvalue weighted by Gasteiger charge is 2.28. The van der Waals surface area contributed by atoms with Gasteiger partial charge in [-0.15, -0.1) is 0 Å². The molecular weight excluding hydrogens is 418 g/mol. The van der Waals surface area contributed by atoms with Gasteiger partial charge in [0.1, 0.15) is 6.54 Å². The normalized spacial score (nSPS) is 14.9. The fourth-order valence-electron chi connectivity index (χ4n) is 3.85. The van der Waals surface area contributed by atoms with E-state index in [9.17, 15) is 18.0 Å². The van der Waals surface area contributed by atoms with Gasteiger partial charge in [0.25, 0.3) is 0 Å². The van der Waals surface area contributed by atoms with Crippen LogP contribution in [-0.2, 0) is 27.8 Å². The lowest BCUT2D eigenvalue weighted by Crippen LogP contribution is -2.32. The van der Waals surface area contributed by atoms with E-state index in [0.717, 1.165) is 24.0 Å². The van der Waals surface area contributed by atoms with E-state index in [-0.39, 0.29) is 22.9 Å². The number of benzene rings is 2. The zero-order chi connectivity index (χ0) is 22.0. The Hall–Kier alpha value is -2.91. The van der Waals surface area contributed by atoms with Gasteiger partial charge in [0.2, 0.25) is 15.9 Å². The Morgan fingerprint density at radius 2 is 1.90 bits per heavy atom. The summed E-state index contributed by atoms with van der Waals surface area (Å²) in [7, 11) is -3.62. The van der Waals surface area contributed by atoms with Crippen LogP contribution in [0.25, 0.3) is 11.1 Å². The van der Waals surface area contributed by atoms with Gasteiger partial charge in [-0.2, -0.15) is 4.31 Å². The van der Waals surface area contributed by atoms with Crippen LogP contribution in [0.15, 0.2) is 56.6 Å². The second-order valence-corrected chi connectivity index (χ2v) is 9.72. The number of carbonyl (C=O) groups is 1. The fraction of sp³-hybridized carbons (Fsp3) is 0.364. The minimum absolute atomic E-state index is 0.0883. The monoisotopic (exact) mass is 443 g/mol. The maximum absolute atomic E-state index is 12.7. The van der Waals surface area contributed by atoms with Crippen LogP contribution >= 0.6 is 0 Å². The second kappa shape index (κ2) is 8.68. The summed E-state index contributed by atoms with van der Waals surface area (Å²) >= 11 is 0. The molecule has 1 amide bonds. The number of nitrogens with zero attached hydrogens (tertiary/aromatic N) is 2. The molecule has 0 saturated carbocycles. The fourth-order valence-corrected chi connectivity index (χ4v) is 5.38. The number of sulfonamides is 1. The first kappa shape index (κ1) is 21.3. The summed E-state index contributed by atoms with van der Waals surface area (Å²) in [5, 5.41) is 2.81. The van der Waals surface area contributed by atoms with Crippen molar-refractivity contribution < 1.29 is 17.6 Å². The SMILES string of the molecule is Cc1cccc(CCNC(=O)Cn2c(=O)oc3cc(S(=O)(=O)N4CCCC4)ccc32)c1. The third kappa shape index (κ3) is 4.57. The van der Waals surface area contributed by atoms with Crippen LogP contribution in [0.3, 0.4) is 0 Å². The van der Waals surface area contributed by atoms with Crippen LogP contribution in [0.4, 0.5) is 0 Å². The van der Waals surface area contributed by atoms with Crippen molar-refractivity contribution in [1.29, 1.82) is 0 Å². The van der Waals surface area contributed by atoms with Crippen molar-refractivity contribution >= 4 is 27.0 Å². The molecule has 0 atom stereocenters. The molecule has 1 aliphatic heterocycles. The molecule has 31 heavy (non-hydrogen) atoms. The summed E-state index contributed by atoms with van der Waals surface area (Å²) in [5.41, 5.74) is 2.82. The standard InChI is InChI=1S/C22H25N3O5S/c1-16-5-4-6-17(13-16)9-10-23-21(26)15-25-19-8-7-18(14-20(19)30-22(25)27)31(28,29)24-11-2-3-12-24/h4-8,13-14H,2-3,9-12,15H2,1H3,(H,23,26). The number of fused-ring (bicyclic) bond motifs is 1. The van der Waals surface area contributed by atoms with E-state index in [4.69, 9.17) is 4.42 Å². The topological polar surface area (TPSA) is 102 Å². The van der Waals surface area contributed by atoms with E-state index in [1.165, 1.54) is 27.1 Å². The van der Waals surface area contributed by atoms with Gasteiger partial charge in [-0.3, -0.25) is 9.36 Å². The number of hydrogen-bond donors (Lipinski definition) is 1. The second-order valence-electron chi connectivity index (χ2n) is 7.78. The molecule has 2 heterocycles. The Bertz CT molecular complexity index is 1270. The van der Waals surface area contributed by atoms with E-state index in [0.29, 0.717) is 31.6 Å². The molecule has 1 N–H and O–H groups in total. The molecule has 2 aromatic carbocycles. The molecule has 0 radical (unpaired) electrons. The first-order chi connectivity index (χ1) is 14.8. The van der Waals surface area contributed by atoms with Crippen molar-refractivity contribution in [2.45, 2.75) is 37.6 Å². The van der Waals surface area contributed by atoms with Crippen molar-refractivity contribution in [3.63, 3.8) is 0 Å². The van der Waals surface area contributed by atoms with Crippen molar-refractivity contribution in [2.75, 3.05) is 19.6 Å². The van der Waals surface area contributed by atoms with E-state index >= 15 is 0 Å². The number of oxazole rings is 1. The molecule has 0 spiro atoms. The summed E-state index contributed by atoms with van der Waals surface area (Å²) in [5.74, 6) is -1.01. The van der Waals surface area contributed by atoms with Gasteiger partial charge in [0, 0.05) is 25.7 Å². The zero-order valence-corrected chi connectivity index (χ0v) is 18.2. The van der Waals surface area contributed by atoms with Gasteiger partial charge in [-0.25, -0.2) is 13.2 Å². The Balaban J connectivity index is 1.46. The average Bonchev–Trinajstić information content (AvgIpc) is 3.37. The van der Waals surface area contributed by atoms with Crippen LogP contribution < -0.4 is 11.1 Å². The van der Waals surface area contributed by atoms with Gasteiger partial charge in [-0.05, 0) is 43.9 Å². The maximum atomic E-state index is 12.7. The van der Waals surface area contributed by atoms with Crippen LogP contribution in [0.5, 0.6) is 0 Å². The summed E-state index contributed by atoms with van der Waals surface area (Å²) in [4.78, 5) is 24.7. The lowest BCUT2D eigenvalue weighted by Gasteiger charge is -2.15. The predicted octanol–water partition coefficient (Wildman–Crippen LogP) is 2.05. The van der Waals surface area contributed by atoms with Crippen LogP contribution in [0, 0.1) is 6.92 Å². The molecule has 3 aromatic rings. The molecule has 0 unspecified atom stereocenters. The van der Waals surface area contributed by atoms with Crippen LogP contribution in [0.2, 0.25) is 0 Å². The number of amides is 1. The average molecular weight is 444 g/mol. The number of aryl methyl sites for hydroxylation is 1. The highest BCUT2D eigenvalue weighted by atomic mass is 32.2. The number of aromatic nitrogens is 1. The van der Waals surface area contributed by atoms with Gasteiger partial charge >= 0.3 is 5.76 Å². The molecule has 9 heteroatoms. The van der Waals surface area contributed by atoms with Gasteiger partial charge in [-0.1, -0.05) is 29.8 Å². The lowest BCUT2D eigenvalue weighted by molar-refractivity contribution is -0.121. The Kier molecular flexibility index (Phi) is 5.97. The smallest absolute Gasteiger partial charge is 0.408 e. The van der Waals surface area contributed by atoms with E-state index < -0.39 is 15.8 Å². The summed E-state index contributed by atoms with van der Waals surface area (Å²) in [6, 6.07) is 12.4. The van der Waals surface area contributed by atoms with Crippen molar-refractivity contribution in [1.82, 2.24) is 14.2 Å².